The minimum Gasteiger partial charge on any atom is -0.317 e. The Labute approximate surface area is 99.4 Å². The minimum atomic E-state index is 0.525. The van der Waals surface area contributed by atoms with Crippen LogP contribution in [0.5, 0.6) is 0 Å². The second-order valence-electron chi connectivity index (χ2n) is 4.46. The molecule has 1 aromatic heterocycles. The molecular formula is C11H18BrN3. The number of piperidine rings is 1. The first-order chi connectivity index (χ1) is 7.20. The van der Waals surface area contributed by atoms with Gasteiger partial charge in [0.1, 0.15) is 0 Å². The van der Waals surface area contributed by atoms with Gasteiger partial charge >= 0.3 is 0 Å². The van der Waals surface area contributed by atoms with E-state index in [2.05, 4.69) is 44.9 Å². The van der Waals surface area contributed by atoms with Gasteiger partial charge in [-0.15, -0.1) is 0 Å². The fraction of sp³-hybridized carbons (Fsp3) is 0.727. The lowest BCUT2D eigenvalue weighted by Crippen LogP contribution is -2.30. The van der Waals surface area contributed by atoms with Gasteiger partial charge in [-0.1, -0.05) is 13.8 Å². The lowest BCUT2D eigenvalue weighted by atomic mass is 10.0. The molecule has 0 saturated carbocycles. The smallest absolute Gasteiger partial charge is 0.0635 e. The number of nitrogens with zero attached hydrogens (tertiary/aromatic N) is 2. The van der Waals surface area contributed by atoms with Crippen molar-refractivity contribution in [2.45, 2.75) is 38.6 Å². The molecule has 2 heterocycles. The van der Waals surface area contributed by atoms with Gasteiger partial charge in [0.05, 0.1) is 22.4 Å². The molecule has 0 aromatic carbocycles. The maximum atomic E-state index is 4.50. The van der Waals surface area contributed by atoms with E-state index in [9.17, 15) is 0 Å². The third-order valence-corrected chi connectivity index (χ3v) is 3.60. The summed E-state index contributed by atoms with van der Waals surface area (Å²) >= 11 is 3.59. The molecule has 3 nitrogen and oxygen atoms in total. The molecule has 1 saturated heterocycles. The van der Waals surface area contributed by atoms with Crippen molar-refractivity contribution >= 4 is 15.9 Å². The molecule has 0 unspecified atom stereocenters. The van der Waals surface area contributed by atoms with Gasteiger partial charge in [0.25, 0.3) is 0 Å². The summed E-state index contributed by atoms with van der Waals surface area (Å²) in [6.45, 7) is 6.66. The summed E-state index contributed by atoms with van der Waals surface area (Å²) < 4.78 is 3.37. The van der Waals surface area contributed by atoms with Crippen LogP contribution in [0.15, 0.2) is 10.7 Å². The number of halogens is 1. The molecular weight excluding hydrogens is 254 g/mol. The van der Waals surface area contributed by atoms with Crippen molar-refractivity contribution in [3.8, 4) is 0 Å². The summed E-state index contributed by atoms with van der Waals surface area (Å²) in [5.41, 5.74) is 1.34. The maximum Gasteiger partial charge on any atom is 0.0635 e. The van der Waals surface area contributed by atoms with E-state index >= 15 is 0 Å². The molecule has 1 fully saturated rings. The summed E-state index contributed by atoms with van der Waals surface area (Å²) in [7, 11) is 0. The summed E-state index contributed by atoms with van der Waals surface area (Å²) in [4.78, 5) is 0. The highest BCUT2D eigenvalue weighted by molar-refractivity contribution is 9.10. The zero-order valence-electron chi connectivity index (χ0n) is 9.33. The van der Waals surface area contributed by atoms with Crippen molar-refractivity contribution < 1.29 is 0 Å². The number of hydrogen-bond donors (Lipinski definition) is 1. The minimum absolute atomic E-state index is 0.525. The van der Waals surface area contributed by atoms with Crippen LogP contribution in [-0.4, -0.2) is 22.9 Å². The lowest BCUT2D eigenvalue weighted by molar-refractivity contribution is 0.332. The van der Waals surface area contributed by atoms with Gasteiger partial charge in [-0.25, -0.2) is 0 Å². The molecule has 0 spiro atoms. The average molecular weight is 272 g/mol. The van der Waals surface area contributed by atoms with Crippen molar-refractivity contribution in [2.75, 3.05) is 13.1 Å². The summed E-state index contributed by atoms with van der Waals surface area (Å²) in [5, 5.41) is 7.89. The molecule has 84 valence electrons. The Morgan fingerprint density at radius 1 is 1.47 bits per heavy atom. The SMILES string of the molecule is CC(C)c1c(Br)cnn1C1CCNCC1. The van der Waals surface area contributed by atoms with Gasteiger partial charge in [-0.3, -0.25) is 4.68 Å². The fourth-order valence-electron chi connectivity index (χ4n) is 2.23. The van der Waals surface area contributed by atoms with Crippen molar-refractivity contribution in [1.82, 2.24) is 15.1 Å². The van der Waals surface area contributed by atoms with Crippen molar-refractivity contribution in [1.29, 1.82) is 0 Å². The molecule has 1 N–H and O–H groups in total. The Morgan fingerprint density at radius 2 is 2.13 bits per heavy atom. The highest BCUT2D eigenvalue weighted by atomic mass is 79.9. The largest absolute Gasteiger partial charge is 0.317 e. The van der Waals surface area contributed by atoms with E-state index < -0.39 is 0 Å². The number of aromatic nitrogens is 2. The summed E-state index contributed by atoms with van der Waals surface area (Å²) in [6.07, 6.45) is 4.30. The molecule has 1 aliphatic heterocycles. The van der Waals surface area contributed by atoms with Crippen LogP contribution in [0.2, 0.25) is 0 Å². The zero-order valence-corrected chi connectivity index (χ0v) is 10.9. The normalized spacial score (nSPS) is 18.7. The molecule has 1 aromatic rings. The van der Waals surface area contributed by atoms with Gasteiger partial charge in [0, 0.05) is 0 Å². The first-order valence-corrected chi connectivity index (χ1v) is 6.43. The predicted molar refractivity (Wildman–Crippen MR) is 65.2 cm³/mol. The van der Waals surface area contributed by atoms with Gasteiger partial charge in [-0.2, -0.15) is 5.10 Å². The van der Waals surface area contributed by atoms with Crippen molar-refractivity contribution in [3.63, 3.8) is 0 Å². The van der Waals surface area contributed by atoms with E-state index in [0.717, 1.165) is 17.6 Å². The lowest BCUT2D eigenvalue weighted by Gasteiger charge is -2.25. The van der Waals surface area contributed by atoms with Crippen LogP contribution in [0.1, 0.15) is 44.3 Å². The molecule has 0 atom stereocenters. The van der Waals surface area contributed by atoms with Crippen LogP contribution >= 0.6 is 15.9 Å². The Bertz CT molecular complexity index is 327. The molecule has 4 heteroatoms. The maximum absolute atomic E-state index is 4.50. The molecule has 1 aliphatic rings. The first-order valence-electron chi connectivity index (χ1n) is 5.63. The number of hydrogen-bond acceptors (Lipinski definition) is 2. The zero-order chi connectivity index (χ0) is 10.8. The monoisotopic (exact) mass is 271 g/mol. The quantitative estimate of drug-likeness (QED) is 0.897. The van der Waals surface area contributed by atoms with E-state index in [1.54, 1.807) is 0 Å². The standard InChI is InChI=1S/C11H18BrN3/c1-8(2)11-10(12)7-14-15(11)9-3-5-13-6-4-9/h7-9,13H,3-6H2,1-2H3. The van der Waals surface area contributed by atoms with Gasteiger partial charge in [0.15, 0.2) is 0 Å². The fourth-order valence-corrected chi connectivity index (χ4v) is 2.96. The Kier molecular flexibility index (Phi) is 3.46. The number of nitrogens with one attached hydrogen (secondary N) is 1. The summed E-state index contributed by atoms with van der Waals surface area (Å²) in [5.74, 6) is 0.525. The van der Waals surface area contributed by atoms with Crippen LogP contribution in [0.25, 0.3) is 0 Å². The average Bonchev–Trinajstić information content (AvgIpc) is 2.61. The molecule has 0 amide bonds. The molecule has 2 rings (SSSR count). The van der Waals surface area contributed by atoms with E-state index in [1.165, 1.54) is 18.5 Å². The van der Waals surface area contributed by atoms with Gasteiger partial charge in [0.2, 0.25) is 0 Å². The van der Waals surface area contributed by atoms with E-state index in [0.29, 0.717) is 12.0 Å². The third kappa shape index (κ3) is 2.26. The Morgan fingerprint density at radius 3 is 2.73 bits per heavy atom. The van der Waals surface area contributed by atoms with E-state index in [4.69, 9.17) is 0 Å². The van der Waals surface area contributed by atoms with Crippen molar-refractivity contribution in [3.05, 3.63) is 16.4 Å². The van der Waals surface area contributed by atoms with Gasteiger partial charge < -0.3 is 5.32 Å². The van der Waals surface area contributed by atoms with E-state index in [1.807, 2.05) is 6.20 Å². The van der Waals surface area contributed by atoms with Crippen LogP contribution < -0.4 is 5.32 Å². The van der Waals surface area contributed by atoms with Crippen LogP contribution in [0.4, 0.5) is 0 Å². The van der Waals surface area contributed by atoms with Crippen LogP contribution in [-0.2, 0) is 0 Å². The molecule has 0 bridgehead atoms. The highest BCUT2D eigenvalue weighted by Gasteiger charge is 2.21. The Balaban J connectivity index is 2.26. The molecule has 0 radical (unpaired) electrons. The van der Waals surface area contributed by atoms with Crippen LogP contribution in [0, 0.1) is 0 Å². The topological polar surface area (TPSA) is 29.9 Å². The predicted octanol–water partition coefficient (Wildman–Crippen LogP) is 2.69. The Hall–Kier alpha value is -0.350. The highest BCUT2D eigenvalue weighted by Crippen LogP contribution is 2.29. The molecule has 0 aliphatic carbocycles. The first kappa shape index (κ1) is 11.1. The van der Waals surface area contributed by atoms with Gasteiger partial charge in [-0.05, 0) is 47.8 Å². The summed E-state index contributed by atoms with van der Waals surface area (Å²) in [6, 6.07) is 0.579. The second kappa shape index (κ2) is 4.66. The third-order valence-electron chi connectivity index (χ3n) is 2.99. The number of rotatable bonds is 2. The molecule has 15 heavy (non-hydrogen) atoms. The second-order valence-corrected chi connectivity index (χ2v) is 5.31. The van der Waals surface area contributed by atoms with Crippen LogP contribution in [0.3, 0.4) is 0 Å². The van der Waals surface area contributed by atoms with Crippen molar-refractivity contribution in [2.24, 2.45) is 0 Å². The van der Waals surface area contributed by atoms with E-state index in [-0.39, 0.29) is 0 Å².